The number of urea groups is 1. The summed E-state index contributed by atoms with van der Waals surface area (Å²) in [6, 6.07) is 19.4. The highest BCUT2D eigenvalue weighted by molar-refractivity contribution is 7.12. The van der Waals surface area contributed by atoms with E-state index in [-0.39, 0.29) is 11.9 Å². The monoisotopic (exact) mass is 337 g/mol. The molecule has 0 spiro atoms. The molecule has 2 aromatic carbocycles. The van der Waals surface area contributed by atoms with E-state index < -0.39 is 0 Å². The molecule has 0 saturated heterocycles. The summed E-state index contributed by atoms with van der Waals surface area (Å²) in [5, 5.41) is 10.1. The van der Waals surface area contributed by atoms with Gasteiger partial charge in [-0.3, -0.25) is 4.79 Å². The molecule has 0 aliphatic heterocycles. The van der Waals surface area contributed by atoms with E-state index in [9.17, 15) is 9.59 Å². The van der Waals surface area contributed by atoms with Crippen molar-refractivity contribution in [1.29, 1.82) is 0 Å². The fourth-order valence-electron chi connectivity index (χ4n) is 2.09. The molecule has 0 aliphatic rings. The number of benzene rings is 2. The Morgan fingerprint density at radius 2 is 1.38 bits per heavy atom. The van der Waals surface area contributed by atoms with Gasteiger partial charge < -0.3 is 16.0 Å². The molecule has 0 bridgehead atoms. The Morgan fingerprint density at radius 3 is 2.08 bits per heavy atom. The lowest BCUT2D eigenvalue weighted by Gasteiger charge is -2.09. The highest BCUT2D eigenvalue weighted by Crippen LogP contribution is 2.18. The van der Waals surface area contributed by atoms with Crippen LogP contribution < -0.4 is 16.0 Å². The van der Waals surface area contributed by atoms with Gasteiger partial charge in [-0.25, -0.2) is 4.79 Å². The van der Waals surface area contributed by atoms with Crippen molar-refractivity contribution in [1.82, 2.24) is 0 Å². The zero-order valence-electron chi connectivity index (χ0n) is 12.7. The summed E-state index contributed by atoms with van der Waals surface area (Å²) in [7, 11) is 0. The lowest BCUT2D eigenvalue weighted by Crippen LogP contribution is -2.19. The summed E-state index contributed by atoms with van der Waals surface area (Å²) < 4.78 is 0. The fourth-order valence-corrected chi connectivity index (χ4v) is 2.71. The Hall–Kier alpha value is -3.12. The highest BCUT2D eigenvalue weighted by atomic mass is 32.1. The van der Waals surface area contributed by atoms with Gasteiger partial charge in [-0.05, 0) is 41.8 Å². The third-order valence-electron chi connectivity index (χ3n) is 3.15. The normalized spacial score (nSPS) is 10.0. The van der Waals surface area contributed by atoms with Gasteiger partial charge >= 0.3 is 6.03 Å². The average Bonchev–Trinajstić information content (AvgIpc) is 3.10. The van der Waals surface area contributed by atoms with Crippen molar-refractivity contribution in [3.8, 4) is 0 Å². The first-order chi connectivity index (χ1) is 11.7. The second-order valence-corrected chi connectivity index (χ2v) is 5.91. The zero-order chi connectivity index (χ0) is 16.8. The van der Waals surface area contributed by atoms with Gasteiger partial charge in [0.25, 0.3) is 5.91 Å². The molecular formula is C18H15N3O2S. The summed E-state index contributed by atoms with van der Waals surface area (Å²) in [5.74, 6) is -0.170. The quantitative estimate of drug-likeness (QED) is 0.649. The number of anilines is 3. The Balaban J connectivity index is 1.62. The number of hydrogen-bond acceptors (Lipinski definition) is 3. The molecule has 0 aliphatic carbocycles. The maximum Gasteiger partial charge on any atom is 0.323 e. The molecular weight excluding hydrogens is 322 g/mol. The van der Waals surface area contributed by atoms with Crippen LogP contribution in [0.25, 0.3) is 0 Å². The molecule has 0 atom stereocenters. The van der Waals surface area contributed by atoms with E-state index in [1.165, 1.54) is 11.3 Å². The predicted octanol–water partition coefficient (Wildman–Crippen LogP) is 4.64. The van der Waals surface area contributed by atoms with Crippen LogP contribution in [-0.2, 0) is 0 Å². The summed E-state index contributed by atoms with van der Waals surface area (Å²) in [4.78, 5) is 24.7. The van der Waals surface area contributed by atoms with Crippen molar-refractivity contribution < 1.29 is 9.59 Å². The van der Waals surface area contributed by atoms with E-state index in [0.29, 0.717) is 21.9 Å². The first-order valence-corrected chi connectivity index (χ1v) is 8.17. The van der Waals surface area contributed by atoms with Gasteiger partial charge in [0.05, 0.1) is 4.88 Å². The minimum Gasteiger partial charge on any atom is -0.321 e. The topological polar surface area (TPSA) is 70.2 Å². The fraction of sp³-hybridized carbons (Fsp3) is 0. The predicted molar refractivity (Wildman–Crippen MR) is 97.8 cm³/mol. The molecule has 0 unspecified atom stereocenters. The van der Waals surface area contributed by atoms with Crippen LogP contribution in [0.2, 0.25) is 0 Å². The van der Waals surface area contributed by atoms with Gasteiger partial charge in [0.1, 0.15) is 0 Å². The maximum atomic E-state index is 12.0. The van der Waals surface area contributed by atoms with Crippen molar-refractivity contribution in [2.24, 2.45) is 0 Å². The average molecular weight is 337 g/mol. The van der Waals surface area contributed by atoms with Gasteiger partial charge in [0.15, 0.2) is 0 Å². The smallest absolute Gasteiger partial charge is 0.321 e. The van der Waals surface area contributed by atoms with Crippen LogP contribution in [0.1, 0.15) is 9.67 Å². The standard InChI is InChI=1S/C18H15N3O2S/c22-17(16-10-5-11-24-16)19-14-8-4-9-15(12-14)21-18(23)20-13-6-2-1-3-7-13/h1-12H,(H,19,22)(H2,20,21,23). The summed E-state index contributed by atoms with van der Waals surface area (Å²) >= 11 is 1.37. The highest BCUT2D eigenvalue weighted by Gasteiger charge is 2.08. The van der Waals surface area contributed by atoms with Crippen LogP contribution in [0.4, 0.5) is 21.9 Å². The first kappa shape index (κ1) is 15.8. The SMILES string of the molecule is O=C(Nc1ccccc1)Nc1cccc(NC(=O)c2cccs2)c1. The Bertz CT molecular complexity index is 832. The third-order valence-corrected chi connectivity index (χ3v) is 4.02. The number of carbonyl (C=O) groups excluding carboxylic acids is 2. The van der Waals surface area contributed by atoms with Gasteiger partial charge in [0.2, 0.25) is 0 Å². The van der Waals surface area contributed by atoms with Crippen molar-refractivity contribution in [3.63, 3.8) is 0 Å². The van der Waals surface area contributed by atoms with Crippen molar-refractivity contribution >= 4 is 40.3 Å². The van der Waals surface area contributed by atoms with Crippen LogP contribution in [0, 0.1) is 0 Å². The van der Waals surface area contributed by atoms with Gasteiger partial charge in [-0.2, -0.15) is 0 Å². The largest absolute Gasteiger partial charge is 0.323 e. The van der Waals surface area contributed by atoms with Crippen molar-refractivity contribution in [3.05, 3.63) is 77.0 Å². The molecule has 0 radical (unpaired) electrons. The third kappa shape index (κ3) is 4.21. The Kier molecular flexibility index (Phi) is 4.88. The van der Waals surface area contributed by atoms with Crippen LogP contribution in [-0.4, -0.2) is 11.9 Å². The summed E-state index contributed by atoms with van der Waals surface area (Å²) in [5.41, 5.74) is 1.91. The summed E-state index contributed by atoms with van der Waals surface area (Å²) in [6.07, 6.45) is 0. The van der Waals surface area contributed by atoms with Crippen molar-refractivity contribution in [2.45, 2.75) is 0 Å². The molecule has 1 heterocycles. The minimum atomic E-state index is -0.345. The molecule has 3 aromatic rings. The van der Waals surface area contributed by atoms with Crippen molar-refractivity contribution in [2.75, 3.05) is 16.0 Å². The molecule has 24 heavy (non-hydrogen) atoms. The Morgan fingerprint density at radius 1 is 0.708 bits per heavy atom. The molecule has 3 amide bonds. The number of hydrogen-bond donors (Lipinski definition) is 3. The van der Waals surface area contributed by atoms with Gasteiger partial charge in [-0.15, -0.1) is 11.3 Å². The molecule has 120 valence electrons. The molecule has 0 fully saturated rings. The van der Waals surface area contributed by atoms with E-state index in [4.69, 9.17) is 0 Å². The Labute approximate surface area is 143 Å². The molecule has 1 aromatic heterocycles. The molecule has 6 heteroatoms. The number of rotatable bonds is 4. The molecule has 5 nitrogen and oxygen atoms in total. The van der Waals surface area contributed by atoms with E-state index in [1.54, 1.807) is 42.5 Å². The van der Waals surface area contributed by atoms with Crippen LogP contribution in [0.3, 0.4) is 0 Å². The van der Waals surface area contributed by atoms with E-state index in [0.717, 1.165) is 0 Å². The van der Waals surface area contributed by atoms with Crippen LogP contribution in [0.5, 0.6) is 0 Å². The molecule has 3 N–H and O–H groups in total. The number of nitrogens with one attached hydrogen (secondary N) is 3. The molecule has 0 saturated carbocycles. The summed E-state index contributed by atoms with van der Waals surface area (Å²) in [6.45, 7) is 0. The van der Waals surface area contributed by atoms with E-state index in [1.807, 2.05) is 29.6 Å². The number of amides is 3. The lowest BCUT2D eigenvalue weighted by molar-refractivity contribution is 0.103. The lowest BCUT2D eigenvalue weighted by atomic mass is 10.2. The number of para-hydroxylation sites is 1. The number of thiophene rings is 1. The number of carbonyl (C=O) groups is 2. The van der Waals surface area contributed by atoms with Gasteiger partial charge in [-0.1, -0.05) is 30.3 Å². The van der Waals surface area contributed by atoms with E-state index >= 15 is 0 Å². The van der Waals surface area contributed by atoms with Crippen LogP contribution in [0.15, 0.2) is 72.1 Å². The maximum absolute atomic E-state index is 12.0. The molecule has 3 rings (SSSR count). The van der Waals surface area contributed by atoms with Crippen LogP contribution >= 0.6 is 11.3 Å². The van der Waals surface area contributed by atoms with E-state index in [2.05, 4.69) is 16.0 Å². The van der Waals surface area contributed by atoms with Gasteiger partial charge in [0, 0.05) is 17.1 Å². The second-order valence-electron chi connectivity index (χ2n) is 4.96. The second kappa shape index (κ2) is 7.43. The zero-order valence-corrected chi connectivity index (χ0v) is 13.5. The first-order valence-electron chi connectivity index (χ1n) is 7.29. The minimum absolute atomic E-state index is 0.170.